The molecule has 226 valence electrons. The van der Waals surface area contributed by atoms with Gasteiger partial charge >= 0.3 is 0 Å². The van der Waals surface area contributed by atoms with Crippen LogP contribution in [0.3, 0.4) is 0 Å². The summed E-state index contributed by atoms with van der Waals surface area (Å²) in [5, 5.41) is 4.76. The maximum atomic E-state index is 14.2. The molecule has 0 fully saturated rings. The molecule has 10 nitrogen and oxygen atoms in total. The SMILES string of the molecule is CCCc1nc(CC)c2c(=O)[nH]c(-c3cc(S(=O)(=O)N(CCN(CC)CC)Cc4ccccc4)ccc3OCC)nn12. The van der Waals surface area contributed by atoms with Crippen molar-refractivity contribution >= 4 is 15.5 Å². The van der Waals surface area contributed by atoms with Crippen LogP contribution in [0.5, 0.6) is 5.75 Å². The fraction of sp³-hybridized carbons (Fsp3) is 0.452. The standard InChI is InChI=1S/C31H42N6O4S/c1-6-14-28-32-26(7-2)29-31(38)33-30(34-37(28)29)25-21-24(17-18-27(25)41-10-5)42(39,40)36(20-19-35(8-3)9-4)22-23-15-12-11-13-16-23/h11-13,15-18,21H,6-10,14,19-20,22H2,1-5H3,(H,33,34,38). The van der Waals surface area contributed by atoms with Crippen LogP contribution in [0.1, 0.15) is 58.1 Å². The molecule has 1 N–H and O–H groups in total. The van der Waals surface area contributed by atoms with Crippen molar-refractivity contribution < 1.29 is 13.2 Å². The first kappa shape index (κ1) is 31.4. The summed E-state index contributed by atoms with van der Waals surface area (Å²) in [5.41, 5.74) is 2.07. The Balaban J connectivity index is 1.83. The number of benzene rings is 2. The lowest BCUT2D eigenvalue weighted by atomic mass is 10.2. The minimum absolute atomic E-state index is 0.104. The van der Waals surface area contributed by atoms with Crippen molar-refractivity contribution in [1.29, 1.82) is 0 Å². The molecule has 42 heavy (non-hydrogen) atoms. The number of rotatable bonds is 15. The van der Waals surface area contributed by atoms with Crippen molar-refractivity contribution in [3.8, 4) is 17.1 Å². The van der Waals surface area contributed by atoms with E-state index in [9.17, 15) is 13.2 Å². The van der Waals surface area contributed by atoms with Crippen LogP contribution in [-0.2, 0) is 29.4 Å². The van der Waals surface area contributed by atoms with Gasteiger partial charge in [-0.3, -0.25) is 4.79 Å². The average molecular weight is 595 g/mol. The molecule has 4 aromatic rings. The van der Waals surface area contributed by atoms with Gasteiger partial charge in [-0.15, -0.1) is 5.10 Å². The van der Waals surface area contributed by atoms with E-state index in [0.29, 0.717) is 60.9 Å². The summed E-state index contributed by atoms with van der Waals surface area (Å²) in [4.78, 5) is 23.2. The van der Waals surface area contributed by atoms with Crippen LogP contribution in [0.15, 0.2) is 58.2 Å². The quantitative estimate of drug-likeness (QED) is 0.215. The summed E-state index contributed by atoms with van der Waals surface area (Å²) in [6, 6.07) is 14.3. The molecule has 0 atom stereocenters. The van der Waals surface area contributed by atoms with E-state index in [0.717, 1.165) is 25.1 Å². The van der Waals surface area contributed by atoms with Gasteiger partial charge in [0.2, 0.25) is 10.0 Å². The Labute approximate surface area is 248 Å². The second kappa shape index (κ2) is 14.1. The predicted molar refractivity (Wildman–Crippen MR) is 165 cm³/mol. The molecule has 0 radical (unpaired) electrons. The monoisotopic (exact) mass is 594 g/mol. The van der Waals surface area contributed by atoms with Crippen molar-refractivity contribution in [2.75, 3.05) is 32.8 Å². The fourth-order valence-corrected chi connectivity index (χ4v) is 6.48. The van der Waals surface area contributed by atoms with E-state index < -0.39 is 10.0 Å². The molecule has 0 amide bonds. The van der Waals surface area contributed by atoms with E-state index in [4.69, 9.17) is 9.84 Å². The summed E-state index contributed by atoms with van der Waals surface area (Å²) in [6.07, 6.45) is 2.10. The second-order valence-electron chi connectivity index (χ2n) is 10.1. The average Bonchev–Trinajstić information content (AvgIpc) is 3.36. The summed E-state index contributed by atoms with van der Waals surface area (Å²) in [6.45, 7) is 13.2. The normalized spacial score (nSPS) is 12.1. The zero-order chi connectivity index (χ0) is 30.3. The fourth-order valence-electron chi connectivity index (χ4n) is 5.04. The second-order valence-corrected chi connectivity index (χ2v) is 12.0. The van der Waals surface area contributed by atoms with Gasteiger partial charge in [-0.1, -0.05) is 58.0 Å². The van der Waals surface area contributed by atoms with Gasteiger partial charge < -0.3 is 14.6 Å². The Morgan fingerprint density at radius 1 is 0.976 bits per heavy atom. The first-order chi connectivity index (χ1) is 20.3. The largest absolute Gasteiger partial charge is 0.493 e. The van der Waals surface area contributed by atoms with Crippen molar-refractivity contribution in [3.05, 3.63) is 76.0 Å². The van der Waals surface area contributed by atoms with Gasteiger partial charge in [0.15, 0.2) is 11.3 Å². The van der Waals surface area contributed by atoms with Crippen LogP contribution < -0.4 is 10.3 Å². The van der Waals surface area contributed by atoms with E-state index in [2.05, 4.69) is 28.7 Å². The third kappa shape index (κ3) is 6.74. The third-order valence-corrected chi connectivity index (χ3v) is 9.20. The molecule has 0 aliphatic rings. The molecule has 0 saturated carbocycles. The summed E-state index contributed by atoms with van der Waals surface area (Å²) >= 11 is 0. The van der Waals surface area contributed by atoms with Gasteiger partial charge in [0.05, 0.1) is 22.8 Å². The first-order valence-corrected chi connectivity index (χ1v) is 16.3. The van der Waals surface area contributed by atoms with E-state index in [1.165, 1.54) is 4.31 Å². The van der Waals surface area contributed by atoms with Crippen LogP contribution in [0.2, 0.25) is 0 Å². The van der Waals surface area contributed by atoms with Crippen LogP contribution in [-0.4, -0.2) is 70.0 Å². The van der Waals surface area contributed by atoms with Gasteiger partial charge in [-0.2, -0.15) is 4.31 Å². The Hall–Kier alpha value is -3.54. The zero-order valence-corrected chi connectivity index (χ0v) is 26.1. The van der Waals surface area contributed by atoms with Crippen molar-refractivity contribution in [1.82, 2.24) is 28.8 Å². The number of nitrogens with zero attached hydrogens (tertiary/aromatic N) is 5. The number of hydrogen-bond donors (Lipinski definition) is 1. The molecule has 0 aliphatic heterocycles. The molecular formula is C31H42N6O4S. The highest BCUT2D eigenvalue weighted by atomic mass is 32.2. The first-order valence-electron chi connectivity index (χ1n) is 14.8. The number of H-pyrrole nitrogens is 1. The Bertz CT molecular complexity index is 1650. The number of fused-ring (bicyclic) bond motifs is 1. The minimum Gasteiger partial charge on any atom is -0.493 e. The van der Waals surface area contributed by atoms with Gasteiger partial charge in [0, 0.05) is 26.1 Å². The number of aryl methyl sites for hydroxylation is 2. The number of likely N-dealkylation sites (N-methyl/N-ethyl adjacent to an activating group) is 1. The number of nitrogens with one attached hydrogen (secondary N) is 1. The molecule has 0 unspecified atom stereocenters. The van der Waals surface area contributed by atoms with Gasteiger partial charge in [0.25, 0.3) is 5.56 Å². The van der Waals surface area contributed by atoms with Crippen LogP contribution in [0, 0.1) is 0 Å². The Morgan fingerprint density at radius 3 is 2.36 bits per heavy atom. The highest BCUT2D eigenvalue weighted by Gasteiger charge is 2.27. The predicted octanol–water partition coefficient (Wildman–Crippen LogP) is 4.53. The Kier molecular flexibility index (Phi) is 10.5. The summed E-state index contributed by atoms with van der Waals surface area (Å²) in [7, 11) is -3.93. The molecular weight excluding hydrogens is 552 g/mol. The lowest BCUT2D eigenvalue weighted by molar-refractivity contribution is 0.268. The Morgan fingerprint density at radius 2 is 1.71 bits per heavy atom. The molecule has 0 aliphatic carbocycles. The molecule has 11 heteroatoms. The van der Waals surface area contributed by atoms with Crippen LogP contribution in [0.25, 0.3) is 16.9 Å². The van der Waals surface area contributed by atoms with E-state index in [1.807, 2.05) is 51.1 Å². The summed E-state index contributed by atoms with van der Waals surface area (Å²) in [5.74, 6) is 1.36. The third-order valence-electron chi connectivity index (χ3n) is 7.35. The number of hydrogen-bond acceptors (Lipinski definition) is 7. The van der Waals surface area contributed by atoms with Crippen molar-refractivity contribution in [3.63, 3.8) is 0 Å². The molecule has 2 heterocycles. The van der Waals surface area contributed by atoms with Crippen molar-refractivity contribution in [2.45, 2.75) is 65.3 Å². The van der Waals surface area contributed by atoms with E-state index in [1.54, 1.807) is 22.7 Å². The number of aromatic nitrogens is 4. The van der Waals surface area contributed by atoms with Crippen molar-refractivity contribution in [2.24, 2.45) is 0 Å². The molecule has 2 aromatic heterocycles. The van der Waals surface area contributed by atoms with Gasteiger partial charge in [-0.25, -0.2) is 17.9 Å². The zero-order valence-electron chi connectivity index (χ0n) is 25.3. The minimum atomic E-state index is -3.93. The van der Waals surface area contributed by atoms with Gasteiger partial charge in [0.1, 0.15) is 11.6 Å². The van der Waals surface area contributed by atoms with E-state index >= 15 is 0 Å². The molecule has 0 saturated heterocycles. The number of sulfonamides is 1. The molecule has 4 rings (SSSR count). The highest BCUT2D eigenvalue weighted by Crippen LogP contribution is 2.32. The lowest BCUT2D eigenvalue weighted by Gasteiger charge is -2.26. The topological polar surface area (TPSA) is 113 Å². The maximum absolute atomic E-state index is 14.2. The number of imidazole rings is 1. The van der Waals surface area contributed by atoms with Gasteiger partial charge in [-0.05, 0) is 56.6 Å². The van der Waals surface area contributed by atoms with Crippen LogP contribution >= 0.6 is 0 Å². The molecule has 0 spiro atoms. The molecule has 0 bridgehead atoms. The maximum Gasteiger partial charge on any atom is 0.277 e. The molecule has 2 aromatic carbocycles. The highest BCUT2D eigenvalue weighted by molar-refractivity contribution is 7.89. The number of ether oxygens (including phenoxy) is 1. The smallest absolute Gasteiger partial charge is 0.277 e. The lowest BCUT2D eigenvalue weighted by Crippen LogP contribution is -2.38. The van der Waals surface area contributed by atoms with E-state index in [-0.39, 0.29) is 22.8 Å². The summed E-state index contributed by atoms with van der Waals surface area (Å²) < 4.78 is 37.4. The van der Waals surface area contributed by atoms with Crippen LogP contribution in [0.4, 0.5) is 0 Å². The number of aromatic amines is 1.